The second-order valence-corrected chi connectivity index (χ2v) is 3.46. The topological polar surface area (TPSA) is 54.4 Å². The van der Waals surface area contributed by atoms with Gasteiger partial charge in [-0.25, -0.2) is 4.79 Å². The van der Waals surface area contributed by atoms with Gasteiger partial charge in [0.25, 0.3) is 0 Å². The molecule has 94 valence electrons. The number of aromatic nitrogens is 1. The average molecular weight is 256 g/mol. The van der Waals surface area contributed by atoms with E-state index in [1.807, 2.05) is 0 Å². The third-order valence-electron chi connectivity index (χ3n) is 2.42. The molecule has 0 aliphatic rings. The van der Waals surface area contributed by atoms with Crippen molar-refractivity contribution < 1.29 is 22.7 Å². The van der Waals surface area contributed by atoms with Crippen LogP contribution in [0.1, 0.15) is 5.69 Å². The molecule has 1 heterocycles. The number of nitrogens with zero attached hydrogens (tertiary/aromatic N) is 1. The van der Waals surface area contributed by atoms with Gasteiger partial charge in [-0.15, -0.1) is 0 Å². The number of benzene rings is 1. The van der Waals surface area contributed by atoms with Crippen LogP contribution in [-0.2, 0) is 11.0 Å². The Labute approximate surface area is 99.1 Å². The normalized spacial score (nSPS) is 11.3. The monoisotopic (exact) mass is 256 g/mol. The van der Waals surface area contributed by atoms with Crippen LogP contribution >= 0.6 is 0 Å². The molecule has 0 aliphatic heterocycles. The number of carbonyl (C=O) groups excluding carboxylic acids is 1. The third kappa shape index (κ3) is 1.96. The minimum atomic E-state index is -4.62. The van der Waals surface area contributed by atoms with E-state index in [4.69, 9.17) is 4.74 Å². The highest BCUT2D eigenvalue weighted by molar-refractivity contribution is 5.94. The number of aromatic amines is 1. The lowest BCUT2D eigenvalue weighted by Gasteiger charge is -2.03. The molecular weight excluding hydrogens is 249 g/mol. The molecule has 0 saturated carbocycles. The predicted molar refractivity (Wildman–Crippen MR) is 57.6 cm³/mol. The number of nitrogens with one attached hydrogen (secondary N) is 1. The zero-order valence-corrected chi connectivity index (χ0v) is 9.13. The lowest BCUT2D eigenvalue weighted by atomic mass is 10.2. The Bertz CT molecular complexity index is 640. The Balaban J connectivity index is 2.78. The number of methoxy groups -OCH3 is 1. The second kappa shape index (κ2) is 4.19. The fraction of sp³-hybridized carbons (Fsp3) is 0.182. The molecule has 0 spiro atoms. The molecular formula is C11H7F3N2O2. The number of alkyl halides is 3. The summed E-state index contributed by atoms with van der Waals surface area (Å²) in [5, 5.41) is 0.187. The average Bonchev–Trinajstić information content (AvgIpc) is 2.67. The SMILES string of the molecule is COc1ccc2c(N=C=O)c(C(F)(F)F)[nH]c2c1. The molecule has 2 aromatic rings. The lowest BCUT2D eigenvalue weighted by Crippen LogP contribution is -2.05. The Kier molecular flexibility index (Phi) is 2.84. The molecule has 0 fully saturated rings. The maximum atomic E-state index is 12.7. The largest absolute Gasteiger partial charge is 0.497 e. The van der Waals surface area contributed by atoms with Gasteiger partial charge in [0.05, 0.1) is 12.6 Å². The first-order valence-corrected chi connectivity index (χ1v) is 4.82. The van der Waals surface area contributed by atoms with E-state index in [0.29, 0.717) is 5.75 Å². The highest BCUT2D eigenvalue weighted by atomic mass is 19.4. The molecule has 4 nitrogen and oxygen atoms in total. The summed E-state index contributed by atoms with van der Waals surface area (Å²) in [5.74, 6) is 0.402. The van der Waals surface area contributed by atoms with E-state index in [1.54, 1.807) is 0 Å². The van der Waals surface area contributed by atoms with E-state index >= 15 is 0 Å². The van der Waals surface area contributed by atoms with Crippen molar-refractivity contribution in [1.29, 1.82) is 0 Å². The summed E-state index contributed by atoms with van der Waals surface area (Å²) in [6, 6.07) is 4.28. The number of halogens is 3. The van der Waals surface area contributed by atoms with Crippen LogP contribution in [0, 0.1) is 0 Å². The van der Waals surface area contributed by atoms with Crippen LogP contribution in [0.2, 0.25) is 0 Å². The summed E-state index contributed by atoms with van der Waals surface area (Å²) in [6.45, 7) is 0. The number of H-pyrrole nitrogens is 1. The second-order valence-electron chi connectivity index (χ2n) is 3.46. The molecule has 0 aliphatic carbocycles. The van der Waals surface area contributed by atoms with Gasteiger partial charge in [0.2, 0.25) is 6.08 Å². The van der Waals surface area contributed by atoms with E-state index < -0.39 is 17.6 Å². The van der Waals surface area contributed by atoms with Crippen molar-refractivity contribution in [2.75, 3.05) is 7.11 Å². The molecule has 0 atom stereocenters. The summed E-state index contributed by atoms with van der Waals surface area (Å²) >= 11 is 0. The molecule has 1 aromatic carbocycles. The Morgan fingerprint density at radius 3 is 2.67 bits per heavy atom. The molecule has 2 rings (SSSR count). The molecule has 0 bridgehead atoms. The molecule has 18 heavy (non-hydrogen) atoms. The van der Waals surface area contributed by atoms with E-state index in [9.17, 15) is 18.0 Å². The van der Waals surface area contributed by atoms with Crippen molar-refractivity contribution in [3.63, 3.8) is 0 Å². The number of hydrogen-bond donors (Lipinski definition) is 1. The number of rotatable bonds is 2. The van der Waals surface area contributed by atoms with Crippen LogP contribution in [0.4, 0.5) is 18.9 Å². The van der Waals surface area contributed by atoms with Crippen molar-refractivity contribution >= 4 is 22.7 Å². The van der Waals surface area contributed by atoms with Crippen molar-refractivity contribution in [2.24, 2.45) is 4.99 Å². The molecule has 0 saturated heterocycles. The summed E-state index contributed by atoms with van der Waals surface area (Å²) in [5.41, 5.74) is -1.35. The van der Waals surface area contributed by atoms with Gasteiger partial charge in [-0.3, -0.25) is 0 Å². The zero-order chi connectivity index (χ0) is 13.3. The van der Waals surface area contributed by atoms with Crippen LogP contribution in [0.25, 0.3) is 10.9 Å². The maximum Gasteiger partial charge on any atom is 0.433 e. The third-order valence-corrected chi connectivity index (χ3v) is 2.42. The molecule has 0 radical (unpaired) electrons. The summed E-state index contributed by atoms with van der Waals surface area (Å²) in [4.78, 5) is 15.5. The van der Waals surface area contributed by atoms with Crippen molar-refractivity contribution in [2.45, 2.75) is 6.18 Å². The highest BCUT2D eigenvalue weighted by Crippen LogP contribution is 2.41. The smallest absolute Gasteiger partial charge is 0.433 e. The fourth-order valence-electron chi connectivity index (χ4n) is 1.66. The summed E-state index contributed by atoms with van der Waals surface area (Å²) in [7, 11) is 1.40. The first-order valence-electron chi connectivity index (χ1n) is 4.82. The van der Waals surface area contributed by atoms with Gasteiger partial charge in [-0.2, -0.15) is 18.2 Å². The first kappa shape index (κ1) is 12.2. The van der Waals surface area contributed by atoms with Crippen molar-refractivity contribution in [1.82, 2.24) is 4.98 Å². The Morgan fingerprint density at radius 2 is 2.11 bits per heavy atom. The minimum absolute atomic E-state index is 0.187. The minimum Gasteiger partial charge on any atom is -0.497 e. The number of hydrogen-bond acceptors (Lipinski definition) is 3. The first-order chi connectivity index (χ1) is 8.47. The molecule has 1 aromatic heterocycles. The number of aliphatic imine (C=N–C) groups is 1. The van der Waals surface area contributed by atoms with E-state index in [0.717, 1.165) is 6.08 Å². The summed E-state index contributed by atoms with van der Waals surface area (Å²) in [6.07, 6.45) is -3.50. The molecule has 0 unspecified atom stereocenters. The van der Waals surface area contributed by atoms with Gasteiger partial charge in [0.15, 0.2) is 0 Å². The standard InChI is InChI=1S/C11H7F3N2O2/c1-18-6-2-3-7-8(4-6)16-10(11(12,13)14)9(7)15-5-17/h2-4,16H,1H3. The number of isocyanates is 1. The molecule has 1 N–H and O–H groups in total. The quantitative estimate of drug-likeness (QED) is 0.662. The lowest BCUT2D eigenvalue weighted by molar-refractivity contribution is -0.140. The van der Waals surface area contributed by atoms with Crippen LogP contribution in [0.15, 0.2) is 23.2 Å². The van der Waals surface area contributed by atoms with Crippen LogP contribution < -0.4 is 4.74 Å². The van der Waals surface area contributed by atoms with Gasteiger partial charge in [-0.05, 0) is 12.1 Å². The van der Waals surface area contributed by atoms with Gasteiger partial charge in [-0.1, -0.05) is 0 Å². The Morgan fingerprint density at radius 1 is 1.39 bits per heavy atom. The van der Waals surface area contributed by atoms with Crippen molar-refractivity contribution in [3.05, 3.63) is 23.9 Å². The highest BCUT2D eigenvalue weighted by Gasteiger charge is 2.36. The van der Waals surface area contributed by atoms with Crippen molar-refractivity contribution in [3.8, 4) is 5.75 Å². The summed E-state index contributed by atoms with van der Waals surface area (Å²) < 4.78 is 43.1. The Hall–Kier alpha value is -2.27. The van der Waals surface area contributed by atoms with Gasteiger partial charge in [0, 0.05) is 11.5 Å². The molecule has 7 heteroatoms. The zero-order valence-electron chi connectivity index (χ0n) is 9.13. The van der Waals surface area contributed by atoms with Crippen LogP contribution in [0.3, 0.4) is 0 Å². The molecule has 0 amide bonds. The predicted octanol–water partition coefficient (Wildman–Crippen LogP) is 3.16. The van der Waals surface area contributed by atoms with E-state index in [-0.39, 0.29) is 10.9 Å². The maximum absolute atomic E-state index is 12.7. The van der Waals surface area contributed by atoms with E-state index in [2.05, 4.69) is 9.98 Å². The number of ether oxygens (including phenoxy) is 1. The van der Waals surface area contributed by atoms with E-state index in [1.165, 1.54) is 25.3 Å². The van der Waals surface area contributed by atoms with Gasteiger partial charge in [0.1, 0.15) is 17.1 Å². The van der Waals surface area contributed by atoms with Crippen LogP contribution in [-0.4, -0.2) is 18.2 Å². The van der Waals surface area contributed by atoms with Crippen LogP contribution in [0.5, 0.6) is 5.75 Å². The number of fused-ring (bicyclic) bond motifs is 1. The fourth-order valence-corrected chi connectivity index (χ4v) is 1.66. The van der Waals surface area contributed by atoms with Gasteiger partial charge < -0.3 is 9.72 Å². The van der Waals surface area contributed by atoms with Gasteiger partial charge >= 0.3 is 6.18 Å².